The standard InChI is InChI=1S/C15H11FN2O2/c16-14-5-4-12(18)7-13(14)15(19)20-9-11-3-1-2-10(6-11)8-17/h1-7H,9,18H2. The van der Waals surface area contributed by atoms with E-state index in [0.717, 1.165) is 6.07 Å². The Kier molecular flexibility index (Phi) is 3.96. The molecule has 2 aromatic carbocycles. The Hall–Kier alpha value is -2.87. The number of halogens is 1. The molecule has 0 amide bonds. The van der Waals surface area contributed by atoms with Crippen molar-refractivity contribution in [3.63, 3.8) is 0 Å². The van der Waals surface area contributed by atoms with E-state index in [4.69, 9.17) is 15.7 Å². The van der Waals surface area contributed by atoms with E-state index >= 15 is 0 Å². The molecule has 0 aliphatic rings. The van der Waals surface area contributed by atoms with Crippen molar-refractivity contribution >= 4 is 11.7 Å². The molecular formula is C15H11FN2O2. The Morgan fingerprint density at radius 3 is 2.85 bits per heavy atom. The van der Waals surface area contributed by atoms with Crippen LogP contribution in [-0.2, 0) is 11.3 Å². The summed E-state index contributed by atoms with van der Waals surface area (Å²) in [6.07, 6.45) is 0. The molecule has 4 nitrogen and oxygen atoms in total. The van der Waals surface area contributed by atoms with E-state index < -0.39 is 11.8 Å². The first-order valence-electron chi connectivity index (χ1n) is 5.81. The number of esters is 1. The summed E-state index contributed by atoms with van der Waals surface area (Å²) in [5.41, 5.74) is 6.70. The summed E-state index contributed by atoms with van der Waals surface area (Å²) in [6, 6.07) is 12.3. The van der Waals surface area contributed by atoms with Crippen LogP contribution in [0.15, 0.2) is 42.5 Å². The number of nitriles is 1. The van der Waals surface area contributed by atoms with Crippen LogP contribution in [0.1, 0.15) is 21.5 Å². The van der Waals surface area contributed by atoms with Gasteiger partial charge in [-0.2, -0.15) is 5.26 Å². The second kappa shape index (κ2) is 5.85. The number of hydrogen-bond acceptors (Lipinski definition) is 4. The van der Waals surface area contributed by atoms with Gasteiger partial charge in [-0.1, -0.05) is 12.1 Å². The first-order valence-corrected chi connectivity index (χ1v) is 5.81. The molecule has 2 N–H and O–H groups in total. The van der Waals surface area contributed by atoms with Crippen LogP contribution in [0.3, 0.4) is 0 Å². The first kappa shape index (κ1) is 13.6. The van der Waals surface area contributed by atoms with Crippen molar-refractivity contribution in [2.24, 2.45) is 0 Å². The predicted molar refractivity (Wildman–Crippen MR) is 71.1 cm³/mol. The molecule has 0 saturated heterocycles. The Balaban J connectivity index is 2.09. The Bertz CT molecular complexity index is 693. The summed E-state index contributed by atoms with van der Waals surface area (Å²) in [5.74, 6) is -1.48. The largest absolute Gasteiger partial charge is 0.457 e. The van der Waals surface area contributed by atoms with Gasteiger partial charge in [-0.15, -0.1) is 0 Å². The molecule has 2 rings (SSSR count). The van der Waals surface area contributed by atoms with Gasteiger partial charge in [-0.3, -0.25) is 0 Å². The van der Waals surface area contributed by atoms with Crippen LogP contribution < -0.4 is 5.73 Å². The number of carbonyl (C=O) groups is 1. The van der Waals surface area contributed by atoms with Gasteiger partial charge in [0, 0.05) is 5.69 Å². The van der Waals surface area contributed by atoms with Gasteiger partial charge in [-0.05, 0) is 35.9 Å². The van der Waals surface area contributed by atoms with Crippen molar-refractivity contribution in [1.29, 1.82) is 5.26 Å². The van der Waals surface area contributed by atoms with Gasteiger partial charge in [0.2, 0.25) is 0 Å². The smallest absolute Gasteiger partial charge is 0.341 e. The summed E-state index contributed by atoms with van der Waals surface area (Å²) in [7, 11) is 0. The van der Waals surface area contributed by atoms with E-state index in [-0.39, 0.29) is 17.9 Å². The topological polar surface area (TPSA) is 76.1 Å². The van der Waals surface area contributed by atoms with E-state index in [1.807, 2.05) is 6.07 Å². The van der Waals surface area contributed by atoms with Crippen LogP contribution in [0.25, 0.3) is 0 Å². The molecule has 0 spiro atoms. The molecule has 0 saturated carbocycles. The Morgan fingerprint density at radius 1 is 1.30 bits per heavy atom. The normalized spacial score (nSPS) is 9.80. The number of rotatable bonds is 3. The molecule has 0 aromatic heterocycles. The molecule has 20 heavy (non-hydrogen) atoms. The van der Waals surface area contributed by atoms with Gasteiger partial charge >= 0.3 is 5.97 Å². The molecule has 0 radical (unpaired) electrons. The first-order chi connectivity index (χ1) is 9.60. The highest BCUT2D eigenvalue weighted by Gasteiger charge is 2.13. The average molecular weight is 270 g/mol. The van der Waals surface area contributed by atoms with Crippen molar-refractivity contribution < 1.29 is 13.9 Å². The molecule has 2 aromatic rings. The molecule has 5 heteroatoms. The summed E-state index contributed by atoms with van der Waals surface area (Å²) in [4.78, 5) is 11.8. The van der Waals surface area contributed by atoms with E-state index in [9.17, 15) is 9.18 Å². The Labute approximate surface area is 115 Å². The van der Waals surface area contributed by atoms with E-state index in [1.165, 1.54) is 12.1 Å². The van der Waals surface area contributed by atoms with Gasteiger partial charge in [-0.25, -0.2) is 9.18 Å². The van der Waals surface area contributed by atoms with Crippen molar-refractivity contribution in [2.75, 3.05) is 5.73 Å². The summed E-state index contributed by atoms with van der Waals surface area (Å²) in [6.45, 7) is -0.0391. The lowest BCUT2D eigenvalue weighted by Gasteiger charge is -2.06. The number of carbonyl (C=O) groups excluding carboxylic acids is 1. The zero-order valence-corrected chi connectivity index (χ0v) is 10.5. The summed E-state index contributed by atoms with van der Waals surface area (Å²) >= 11 is 0. The maximum atomic E-state index is 13.5. The fourth-order valence-corrected chi connectivity index (χ4v) is 1.66. The van der Waals surface area contributed by atoms with Crippen molar-refractivity contribution in [2.45, 2.75) is 6.61 Å². The molecule has 0 atom stereocenters. The number of nitrogens with two attached hydrogens (primary N) is 1. The van der Waals surface area contributed by atoms with Crippen LogP contribution >= 0.6 is 0 Å². The average Bonchev–Trinajstić information content (AvgIpc) is 2.47. The molecular weight excluding hydrogens is 259 g/mol. The van der Waals surface area contributed by atoms with E-state index in [2.05, 4.69) is 0 Å². The van der Waals surface area contributed by atoms with Crippen LogP contribution in [0.4, 0.5) is 10.1 Å². The lowest BCUT2D eigenvalue weighted by Crippen LogP contribution is -2.08. The second-order valence-electron chi connectivity index (χ2n) is 4.13. The van der Waals surface area contributed by atoms with Gasteiger partial charge in [0.25, 0.3) is 0 Å². The van der Waals surface area contributed by atoms with Gasteiger partial charge in [0.1, 0.15) is 12.4 Å². The minimum atomic E-state index is -0.794. The number of nitrogens with zero attached hydrogens (tertiary/aromatic N) is 1. The lowest BCUT2D eigenvalue weighted by molar-refractivity contribution is 0.0467. The van der Waals surface area contributed by atoms with Gasteiger partial charge in [0.15, 0.2) is 0 Å². The molecule has 0 fully saturated rings. The summed E-state index contributed by atoms with van der Waals surface area (Å²) in [5, 5.41) is 8.76. The van der Waals surface area contributed by atoms with Crippen molar-refractivity contribution in [3.8, 4) is 6.07 Å². The van der Waals surface area contributed by atoms with Gasteiger partial charge < -0.3 is 10.5 Å². The van der Waals surface area contributed by atoms with Crippen molar-refractivity contribution in [1.82, 2.24) is 0 Å². The molecule has 0 unspecified atom stereocenters. The van der Waals surface area contributed by atoms with Crippen LogP contribution in [0.2, 0.25) is 0 Å². The maximum absolute atomic E-state index is 13.5. The highest BCUT2D eigenvalue weighted by Crippen LogP contribution is 2.14. The molecule has 0 aliphatic heterocycles. The third kappa shape index (κ3) is 3.12. The van der Waals surface area contributed by atoms with Gasteiger partial charge in [0.05, 0.1) is 17.2 Å². The quantitative estimate of drug-likeness (QED) is 0.687. The highest BCUT2D eigenvalue weighted by molar-refractivity contribution is 5.90. The molecule has 0 aliphatic carbocycles. The Morgan fingerprint density at radius 2 is 2.10 bits per heavy atom. The lowest BCUT2D eigenvalue weighted by atomic mass is 10.1. The maximum Gasteiger partial charge on any atom is 0.341 e. The highest BCUT2D eigenvalue weighted by atomic mass is 19.1. The third-order valence-electron chi connectivity index (χ3n) is 2.64. The summed E-state index contributed by atoms with van der Waals surface area (Å²) < 4.78 is 18.5. The minimum absolute atomic E-state index is 0.0391. The van der Waals surface area contributed by atoms with Crippen molar-refractivity contribution in [3.05, 3.63) is 65.0 Å². The van der Waals surface area contributed by atoms with Crippen LogP contribution in [0, 0.1) is 17.1 Å². The minimum Gasteiger partial charge on any atom is -0.457 e. The molecule has 100 valence electrons. The number of ether oxygens (including phenoxy) is 1. The number of nitrogen functional groups attached to an aromatic ring is 1. The zero-order chi connectivity index (χ0) is 14.5. The third-order valence-corrected chi connectivity index (χ3v) is 2.64. The van der Waals surface area contributed by atoms with Crippen LogP contribution in [0.5, 0.6) is 0 Å². The second-order valence-corrected chi connectivity index (χ2v) is 4.13. The van der Waals surface area contributed by atoms with E-state index in [0.29, 0.717) is 11.1 Å². The SMILES string of the molecule is N#Cc1cccc(COC(=O)c2cc(N)ccc2F)c1. The fraction of sp³-hybridized carbons (Fsp3) is 0.0667. The van der Waals surface area contributed by atoms with E-state index in [1.54, 1.807) is 24.3 Å². The number of hydrogen-bond donors (Lipinski definition) is 1. The molecule has 0 bridgehead atoms. The fourth-order valence-electron chi connectivity index (χ4n) is 1.66. The molecule has 0 heterocycles. The number of anilines is 1. The zero-order valence-electron chi connectivity index (χ0n) is 10.5. The monoisotopic (exact) mass is 270 g/mol. The van der Waals surface area contributed by atoms with Crippen LogP contribution in [-0.4, -0.2) is 5.97 Å². The number of benzene rings is 2. The predicted octanol–water partition coefficient (Wildman–Crippen LogP) is 2.64.